The van der Waals surface area contributed by atoms with Crippen LogP contribution in [0.15, 0.2) is 12.2 Å². The van der Waals surface area contributed by atoms with Crippen LogP contribution in [0.2, 0.25) is 0 Å². The first kappa shape index (κ1) is 48.8. The summed E-state index contributed by atoms with van der Waals surface area (Å²) in [6.45, 7) is 6.00. The minimum atomic E-state index is -4.76. The summed E-state index contributed by atoms with van der Waals surface area (Å²) in [5.41, 5.74) is 0. The second-order valence-electron chi connectivity index (χ2n) is 15.5. The van der Waals surface area contributed by atoms with Crippen LogP contribution in [0.25, 0.3) is 0 Å². The summed E-state index contributed by atoms with van der Waals surface area (Å²) >= 11 is 0. The van der Waals surface area contributed by atoms with Crippen molar-refractivity contribution in [1.29, 1.82) is 0 Å². The molecule has 1 aliphatic rings. The molecular weight excluding hydrogens is 679 g/mol. The Bertz CT molecular complexity index is 934. The highest BCUT2D eigenvalue weighted by Crippen LogP contribution is 2.36. The number of hydrogen-bond donors (Lipinski definition) is 2. The van der Waals surface area contributed by atoms with Crippen molar-refractivity contribution in [3.8, 4) is 0 Å². The van der Waals surface area contributed by atoms with E-state index in [0.29, 0.717) is 25.0 Å². The lowest BCUT2D eigenvalue weighted by Crippen LogP contribution is -2.29. The molecule has 2 N–H and O–H groups in total. The fourth-order valence-electron chi connectivity index (χ4n) is 6.57. The van der Waals surface area contributed by atoms with Crippen molar-refractivity contribution in [2.75, 3.05) is 13.2 Å². The molecule has 1 rings (SSSR count). The van der Waals surface area contributed by atoms with Gasteiger partial charge in [0.2, 0.25) is 0 Å². The number of rotatable bonds is 38. The molecule has 9 nitrogen and oxygen atoms in total. The summed E-state index contributed by atoms with van der Waals surface area (Å²) in [6, 6.07) is 0. The van der Waals surface area contributed by atoms with Gasteiger partial charge in [-0.15, -0.1) is 0 Å². The zero-order chi connectivity index (χ0) is 38.1. The Morgan fingerprint density at radius 2 is 1.17 bits per heavy atom. The first-order valence-electron chi connectivity index (χ1n) is 21.5. The molecule has 1 saturated heterocycles. The number of ether oxygens (including phenoxy) is 3. The number of carbonyl (C=O) groups is 2. The normalized spacial score (nSPS) is 16.5. The molecule has 1 fully saturated rings. The summed E-state index contributed by atoms with van der Waals surface area (Å²) in [4.78, 5) is 42.9. The topological polar surface area (TPSA) is 132 Å². The highest BCUT2D eigenvalue weighted by Gasteiger charge is 2.36. The second-order valence-corrected chi connectivity index (χ2v) is 16.8. The van der Waals surface area contributed by atoms with Gasteiger partial charge in [0.1, 0.15) is 6.61 Å². The van der Waals surface area contributed by atoms with Gasteiger partial charge in [0.15, 0.2) is 6.10 Å². The fourth-order valence-corrected chi connectivity index (χ4v) is 6.93. The van der Waals surface area contributed by atoms with Crippen LogP contribution in [0, 0.1) is 5.92 Å². The molecular formula is C42H79O9P. The Balaban J connectivity index is 2.04. The van der Waals surface area contributed by atoms with E-state index in [4.69, 9.17) is 24.0 Å². The molecule has 1 heterocycles. The van der Waals surface area contributed by atoms with Crippen molar-refractivity contribution in [2.24, 2.45) is 5.92 Å². The van der Waals surface area contributed by atoms with Crippen molar-refractivity contribution in [2.45, 2.75) is 225 Å². The zero-order valence-corrected chi connectivity index (χ0v) is 34.5. The molecule has 0 aromatic carbocycles. The Kier molecular flexibility index (Phi) is 31.1. The molecule has 0 amide bonds. The van der Waals surface area contributed by atoms with Crippen LogP contribution < -0.4 is 0 Å². The molecule has 0 spiro atoms. The van der Waals surface area contributed by atoms with Crippen LogP contribution in [0.1, 0.15) is 207 Å². The van der Waals surface area contributed by atoms with Gasteiger partial charge in [-0.3, -0.25) is 14.1 Å². The minimum absolute atomic E-state index is 0.210. The van der Waals surface area contributed by atoms with Gasteiger partial charge in [-0.25, -0.2) is 4.57 Å². The number of phosphoric acid groups is 1. The molecule has 10 heteroatoms. The second kappa shape index (κ2) is 33.1. The number of carbonyl (C=O) groups excluding carboxylic acids is 2. The lowest BCUT2D eigenvalue weighted by Gasteiger charge is -2.18. The number of hydrogen-bond acceptors (Lipinski definition) is 7. The van der Waals surface area contributed by atoms with E-state index in [0.717, 1.165) is 70.1 Å². The molecule has 2 unspecified atom stereocenters. The minimum Gasteiger partial charge on any atom is -0.462 e. The van der Waals surface area contributed by atoms with Crippen molar-refractivity contribution in [3.63, 3.8) is 0 Å². The van der Waals surface area contributed by atoms with Crippen LogP contribution in [0.5, 0.6) is 0 Å². The van der Waals surface area contributed by atoms with Gasteiger partial charge in [0.25, 0.3) is 0 Å². The quantitative estimate of drug-likeness (QED) is 0.0207. The molecule has 0 bridgehead atoms. The molecule has 3 atom stereocenters. The molecule has 52 heavy (non-hydrogen) atoms. The third-order valence-electron chi connectivity index (χ3n) is 9.89. The third kappa shape index (κ3) is 33.3. The van der Waals surface area contributed by atoms with E-state index in [-0.39, 0.29) is 19.4 Å². The van der Waals surface area contributed by atoms with Crippen LogP contribution in [0.4, 0.5) is 0 Å². The Hall–Kier alpha value is -1.25. The van der Waals surface area contributed by atoms with Crippen molar-refractivity contribution >= 4 is 19.8 Å². The molecule has 306 valence electrons. The van der Waals surface area contributed by atoms with Crippen LogP contribution in [0.3, 0.4) is 0 Å². The zero-order valence-electron chi connectivity index (χ0n) is 33.6. The highest BCUT2D eigenvalue weighted by atomic mass is 31.2. The Labute approximate surface area is 318 Å². The van der Waals surface area contributed by atoms with Crippen molar-refractivity contribution in [1.82, 2.24) is 0 Å². The average Bonchev–Trinajstić information content (AvgIpc) is 3.85. The van der Waals surface area contributed by atoms with Crippen LogP contribution >= 0.6 is 7.82 Å². The van der Waals surface area contributed by atoms with E-state index in [1.54, 1.807) is 0 Å². The summed E-state index contributed by atoms with van der Waals surface area (Å²) in [5.74, 6) is -0.0645. The van der Waals surface area contributed by atoms with Crippen molar-refractivity contribution < 1.29 is 42.7 Å². The van der Waals surface area contributed by atoms with E-state index in [1.807, 2.05) is 0 Å². The first-order chi connectivity index (χ1) is 25.1. The molecule has 0 aliphatic carbocycles. The predicted molar refractivity (Wildman–Crippen MR) is 211 cm³/mol. The largest absolute Gasteiger partial charge is 0.469 e. The highest BCUT2D eigenvalue weighted by molar-refractivity contribution is 7.46. The van der Waals surface area contributed by atoms with Gasteiger partial charge >= 0.3 is 19.8 Å². The molecule has 0 aromatic heterocycles. The van der Waals surface area contributed by atoms with Crippen molar-refractivity contribution in [3.05, 3.63) is 12.2 Å². The smallest absolute Gasteiger partial charge is 0.462 e. The lowest BCUT2D eigenvalue weighted by molar-refractivity contribution is -0.161. The fraction of sp³-hybridized carbons (Fsp3) is 0.905. The number of unbranched alkanes of at least 4 members (excludes halogenated alkanes) is 21. The maximum Gasteiger partial charge on any atom is 0.469 e. The summed E-state index contributed by atoms with van der Waals surface area (Å²) in [5, 5.41) is 0. The summed E-state index contributed by atoms with van der Waals surface area (Å²) in [6.07, 6.45) is 36.7. The first-order valence-corrected chi connectivity index (χ1v) is 23.0. The number of allylic oxidation sites excluding steroid dienone is 1. The van der Waals surface area contributed by atoms with Gasteiger partial charge in [-0.2, -0.15) is 0 Å². The van der Waals surface area contributed by atoms with Crippen LogP contribution in [-0.4, -0.2) is 53.3 Å². The third-order valence-corrected chi connectivity index (χ3v) is 10.4. The monoisotopic (exact) mass is 759 g/mol. The molecule has 0 radical (unpaired) electrons. The van der Waals surface area contributed by atoms with E-state index >= 15 is 0 Å². The standard InChI is InChI=1S/C42H79O9P/c1-4-5-6-7-21-26-31-39-40(51-39)32-27-22-19-24-28-33-41(43)48-35-38(36-49-52(45,46)47)50-42(44)34-29-23-18-16-14-12-10-8-9-11-13-15-17-20-25-30-37(2)3/h21,26,37-40H,4-20,22-25,27-36H2,1-3H3,(H2,45,46,47)/b26-21-/t38-,39?,40?/m1/s1. The van der Waals surface area contributed by atoms with Gasteiger partial charge in [-0.1, -0.05) is 168 Å². The Morgan fingerprint density at radius 3 is 1.71 bits per heavy atom. The van der Waals surface area contributed by atoms with E-state index < -0.39 is 32.5 Å². The maximum absolute atomic E-state index is 12.4. The molecule has 0 aromatic rings. The van der Waals surface area contributed by atoms with E-state index in [1.165, 1.54) is 96.3 Å². The maximum atomic E-state index is 12.4. The lowest BCUT2D eigenvalue weighted by atomic mass is 10.0. The van der Waals surface area contributed by atoms with Gasteiger partial charge in [-0.05, 0) is 44.4 Å². The van der Waals surface area contributed by atoms with Gasteiger partial charge in [0.05, 0.1) is 18.8 Å². The average molecular weight is 759 g/mol. The summed E-state index contributed by atoms with van der Waals surface area (Å²) in [7, 11) is -4.76. The van der Waals surface area contributed by atoms with E-state index in [2.05, 4.69) is 37.4 Å². The van der Waals surface area contributed by atoms with E-state index in [9.17, 15) is 14.2 Å². The number of esters is 2. The van der Waals surface area contributed by atoms with Crippen LogP contribution in [-0.2, 0) is 32.9 Å². The van der Waals surface area contributed by atoms with Gasteiger partial charge < -0.3 is 24.0 Å². The SMILES string of the molecule is CCCCC/C=C\CC1OC1CCCCCCCC(=O)OC[C@H](COP(=O)(O)O)OC(=O)CCCCCCCCCCCCCCCCCC(C)C. The summed E-state index contributed by atoms with van der Waals surface area (Å²) < 4.78 is 32.2. The predicted octanol–water partition coefficient (Wildman–Crippen LogP) is 11.9. The Morgan fingerprint density at radius 1 is 0.654 bits per heavy atom. The van der Waals surface area contributed by atoms with Gasteiger partial charge in [0, 0.05) is 12.8 Å². The molecule has 1 aliphatic heterocycles. The number of epoxide rings is 1. The molecule has 0 saturated carbocycles. The number of phosphoric ester groups is 1.